The van der Waals surface area contributed by atoms with Crippen LogP contribution in [0.15, 0.2) is 48.5 Å². The van der Waals surface area contributed by atoms with Crippen LogP contribution >= 0.6 is 0 Å². The second kappa shape index (κ2) is 11.7. The summed E-state index contributed by atoms with van der Waals surface area (Å²) in [7, 11) is 0. The van der Waals surface area contributed by atoms with Gasteiger partial charge in [-0.15, -0.1) is 0 Å². The average molecular weight is 453 g/mol. The number of ether oxygens (including phenoxy) is 2. The van der Waals surface area contributed by atoms with E-state index in [9.17, 15) is 9.59 Å². The van der Waals surface area contributed by atoms with Crippen molar-refractivity contribution in [2.75, 3.05) is 0 Å². The van der Waals surface area contributed by atoms with Crippen LogP contribution in [0.4, 0.5) is 0 Å². The highest BCUT2D eigenvalue weighted by molar-refractivity contribution is 6.02. The molecule has 33 heavy (non-hydrogen) atoms. The molecular formula is C29H40O4. The lowest BCUT2D eigenvalue weighted by atomic mass is 9.95. The minimum atomic E-state index is -0.866. The van der Waals surface area contributed by atoms with Gasteiger partial charge in [-0.2, -0.15) is 0 Å². The molecule has 2 rings (SSSR count). The summed E-state index contributed by atoms with van der Waals surface area (Å²) in [6.07, 6.45) is 0.983. The summed E-state index contributed by atoms with van der Waals surface area (Å²) in [6.45, 7) is 15.6. The molecule has 2 unspecified atom stereocenters. The van der Waals surface area contributed by atoms with E-state index in [2.05, 4.69) is 13.8 Å². The van der Waals surface area contributed by atoms with Gasteiger partial charge in [-0.1, -0.05) is 62.4 Å². The van der Waals surface area contributed by atoms with Crippen LogP contribution in [0.1, 0.15) is 87.2 Å². The third-order valence-electron chi connectivity index (χ3n) is 5.50. The normalized spacial score (nSPS) is 13.9. The van der Waals surface area contributed by atoms with Crippen molar-refractivity contribution in [3.63, 3.8) is 0 Å². The van der Waals surface area contributed by atoms with E-state index in [-0.39, 0.29) is 23.8 Å². The molecule has 2 aromatic rings. The number of ketones is 2. The Morgan fingerprint density at radius 2 is 1.24 bits per heavy atom. The zero-order chi connectivity index (χ0) is 24.8. The van der Waals surface area contributed by atoms with Gasteiger partial charge in [-0.3, -0.25) is 9.59 Å². The molecule has 0 radical (unpaired) electrons. The van der Waals surface area contributed by atoms with Gasteiger partial charge in [0.15, 0.2) is 11.6 Å². The molecule has 0 spiro atoms. The van der Waals surface area contributed by atoms with Gasteiger partial charge in [-0.25, -0.2) is 0 Å². The molecule has 0 aliphatic carbocycles. The third kappa shape index (κ3) is 8.21. The van der Waals surface area contributed by atoms with E-state index in [1.54, 1.807) is 20.8 Å². The van der Waals surface area contributed by atoms with Gasteiger partial charge >= 0.3 is 0 Å². The lowest BCUT2D eigenvalue weighted by molar-refractivity contribution is -0.0360. The second-order valence-corrected chi connectivity index (χ2v) is 10.2. The van der Waals surface area contributed by atoms with Crippen LogP contribution in [-0.2, 0) is 22.3 Å². The number of hydrogen-bond donors (Lipinski definition) is 0. The van der Waals surface area contributed by atoms with Gasteiger partial charge in [0.25, 0.3) is 0 Å². The highest BCUT2D eigenvalue weighted by atomic mass is 16.5. The topological polar surface area (TPSA) is 52.6 Å². The second-order valence-electron chi connectivity index (χ2n) is 10.2. The van der Waals surface area contributed by atoms with Crippen molar-refractivity contribution in [3.8, 4) is 0 Å². The molecule has 0 saturated carbocycles. The fourth-order valence-electron chi connectivity index (χ4n) is 4.08. The number of rotatable bonds is 12. The Balaban J connectivity index is 1.93. The van der Waals surface area contributed by atoms with Crippen LogP contribution in [0, 0.1) is 5.92 Å². The van der Waals surface area contributed by atoms with E-state index >= 15 is 0 Å². The van der Waals surface area contributed by atoms with Gasteiger partial charge < -0.3 is 9.47 Å². The lowest BCUT2D eigenvalue weighted by Gasteiger charge is -2.26. The fourth-order valence-corrected chi connectivity index (χ4v) is 4.08. The molecule has 0 aliphatic rings. The Kier molecular flexibility index (Phi) is 9.57. The highest BCUT2D eigenvalue weighted by Crippen LogP contribution is 2.20. The number of carbonyl (C=O) groups excluding carboxylic acids is 2. The quantitative estimate of drug-likeness (QED) is 0.345. The molecule has 0 amide bonds. The molecule has 0 saturated heterocycles. The molecule has 2 atom stereocenters. The van der Waals surface area contributed by atoms with Gasteiger partial charge in [-0.05, 0) is 71.4 Å². The number of hydrogen-bond acceptors (Lipinski definition) is 4. The first-order valence-corrected chi connectivity index (χ1v) is 12.0. The summed E-state index contributed by atoms with van der Waals surface area (Å²) in [6, 6.07) is 15.4. The Labute approximate surface area is 199 Å². The van der Waals surface area contributed by atoms with Crippen LogP contribution in [0.3, 0.4) is 0 Å². The van der Waals surface area contributed by atoms with Crippen molar-refractivity contribution in [3.05, 3.63) is 70.8 Å². The minimum Gasteiger partial charge on any atom is -0.367 e. The van der Waals surface area contributed by atoms with Crippen molar-refractivity contribution in [2.24, 2.45) is 5.92 Å². The van der Waals surface area contributed by atoms with Crippen LogP contribution in [0.2, 0.25) is 0 Å². The Hall–Kier alpha value is -2.30. The number of carbonyl (C=O) groups is 2. The molecule has 2 aromatic carbocycles. The van der Waals surface area contributed by atoms with Gasteiger partial charge in [0, 0.05) is 11.1 Å². The lowest BCUT2D eigenvalue weighted by Crippen LogP contribution is -2.37. The average Bonchev–Trinajstić information content (AvgIpc) is 2.72. The SMILES string of the molecule is CC(C)Cc1ccc(C(=O)C(C)OC(C)Cc2ccc(C(=O)C(C)(C)OC(C)C)cc2)cc1. The molecule has 4 nitrogen and oxygen atoms in total. The van der Waals surface area contributed by atoms with Crippen LogP contribution in [0.25, 0.3) is 0 Å². The predicted molar refractivity (Wildman–Crippen MR) is 134 cm³/mol. The molecule has 0 aliphatic heterocycles. The van der Waals surface area contributed by atoms with Crippen molar-refractivity contribution in [1.82, 2.24) is 0 Å². The standard InChI is InChI=1S/C29H40O4/c1-19(2)17-23-9-13-25(14-10-23)27(30)22(6)32-21(5)18-24-11-15-26(16-12-24)28(31)29(7,8)33-20(3)4/h9-16,19-22H,17-18H2,1-8H3. The van der Waals surface area contributed by atoms with Crippen molar-refractivity contribution < 1.29 is 19.1 Å². The van der Waals surface area contributed by atoms with E-state index < -0.39 is 11.7 Å². The first-order valence-electron chi connectivity index (χ1n) is 12.0. The molecule has 0 aromatic heterocycles. The maximum Gasteiger partial charge on any atom is 0.194 e. The van der Waals surface area contributed by atoms with E-state index in [4.69, 9.17) is 9.47 Å². The summed E-state index contributed by atoms with van der Waals surface area (Å²) in [4.78, 5) is 25.6. The zero-order valence-electron chi connectivity index (χ0n) is 21.5. The summed E-state index contributed by atoms with van der Waals surface area (Å²) in [5, 5.41) is 0. The number of benzene rings is 2. The molecule has 0 heterocycles. The van der Waals surface area contributed by atoms with Crippen molar-refractivity contribution in [2.45, 2.75) is 92.1 Å². The minimum absolute atomic E-state index is 0.00808. The monoisotopic (exact) mass is 452 g/mol. The van der Waals surface area contributed by atoms with E-state index in [0.29, 0.717) is 23.5 Å². The largest absolute Gasteiger partial charge is 0.367 e. The van der Waals surface area contributed by atoms with Gasteiger partial charge in [0.2, 0.25) is 0 Å². The molecule has 0 fully saturated rings. The Morgan fingerprint density at radius 3 is 1.73 bits per heavy atom. The van der Waals surface area contributed by atoms with E-state index in [1.807, 2.05) is 69.3 Å². The van der Waals surface area contributed by atoms with Gasteiger partial charge in [0.05, 0.1) is 12.2 Å². The molecule has 0 N–H and O–H groups in total. The summed E-state index contributed by atoms with van der Waals surface area (Å²) in [5.41, 5.74) is 2.73. The third-order valence-corrected chi connectivity index (χ3v) is 5.50. The van der Waals surface area contributed by atoms with Crippen LogP contribution in [0.5, 0.6) is 0 Å². The molecule has 0 bridgehead atoms. The predicted octanol–water partition coefficient (Wildman–Crippen LogP) is 6.49. The molecule has 4 heteroatoms. The smallest absolute Gasteiger partial charge is 0.194 e. The Bertz CT molecular complexity index is 908. The van der Waals surface area contributed by atoms with Crippen molar-refractivity contribution in [1.29, 1.82) is 0 Å². The maximum atomic E-state index is 12.8. The summed E-state index contributed by atoms with van der Waals surface area (Å²) < 4.78 is 11.8. The van der Waals surface area contributed by atoms with E-state index in [0.717, 1.165) is 12.0 Å². The molecule has 180 valence electrons. The maximum absolute atomic E-state index is 12.8. The summed E-state index contributed by atoms with van der Waals surface area (Å²) >= 11 is 0. The van der Waals surface area contributed by atoms with Gasteiger partial charge in [0.1, 0.15) is 11.7 Å². The van der Waals surface area contributed by atoms with E-state index in [1.165, 1.54) is 5.56 Å². The van der Waals surface area contributed by atoms with Crippen LogP contribution < -0.4 is 0 Å². The summed E-state index contributed by atoms with van der Waals surface area (Å²) in [5.74, 6) is 0.540. The zero-order valence-corrected chi connectivity index (χ0v) is 21.5. The fraction of sp³-hybridized carbons (Fsp3) is 0.517. The number of Topliss-reactive ketones (excluding diaryl/α,β-unsaturated/α-hetero) is 2. The first-order chi connectivity index (χ1) is 15.4. The highest BCUT2D eigenvalue weighted by Gasteiger charge is 2.30. The Morgan fingerprint density at radius 1 is 0.758 bits per heavy atom. The van der Waals surface area contributed by atoms with Crippen LogP contribution in [-0.4, -0.2) is 35.5 Å². The van der Waals surface area contributed by atoms with Crippen molar-refractivity contribution >= 4 is 11.6 Å². The first kappa shape index (κ1) is 26.9. The molecular weight excluding hydrogens is 412 g/mol.